The maximum absolute atomic E-state index is 12.3. The van der Waals surface area contributed by atoms with Crippen molar-refractivity contribution >= 4 is 9.84 Å². The third-order valence-corrected chi connectivity index (χ3v) is 5.61. The first-order valence-electron chi connectivity index (χ1n) is 6.65. The SMILES string of the molecule is COc1cccc(S(=O)(=O)CC(N)C2CCCC2)c1. The van der Waals surface area contributed by atoms with Crippen molar-refractivity contribution in [2.24, 2.45) is 11.7 Å². The third-order valence-electron chi connectivity index (χ3n) is 3.82. The lowest BCUT2D eigenvalue weighted by Gasteiger charge is -2.18. The summed E-state index contributed by atoms with van der Waals surface area (Å²) in [6, 6.07) is 6.30. The van der Waals surface area contributed by atoms with Crippen molar-refractivity contribution in [3.05, 3.63) is 24.3 Å². The van der Waals surface area contributed by atoms with Gasteiger partial charge in [-0.1, -0.05) is 18.9 Å². The largest absolute Gasteiger partial charge is 0.497 e. The van der Waals surface area contributed by atoms with E-state index >= 15 is 0 Å². The first-order valence-corrected chi connectivity index (χ1v) is 8.30. The summed E-state index contributed by atoms with van der Waals surface area (Å²) in [4.78, 5) is 0.292. The highest BCUT2D eigenvalue weighted by Crippen LogP contribution is 2.28. The van der Waals surface area contributed by atoms with Crippen LogP contribution in [0.1, 0.15) is 25.7 Å². The van der Waals surface area contributed by atoms with Crippen LogP contribution in [0.15, 0.2) is 29.2 Å². The molecule has 1 unspecified atom stereocenters. The zero-order valence-corrected chi connectivity index (χ0v) is 12.0. The topological polar surface area (TPSA) is 69.4 Å². The lowest BCUT2D eigenvalue weighted by Crippen LogP contribution is -2.35. The van der Waals surface area contributed by atoms with E-state index in [4.69, 9.17) is 10.5 Å². The minimum Gasteiger partial charge on any atom is -0.497 e. The molecule has 0 spiro atoms. The Kier molecular flexibility index (Phi) is 4.47. The first-order chi connectivity index (χ1) is 9.03. The van der Waals surface area contributed by atoms with Gasteiger partial charge in [0.2, 0.25) is 0 Å². The molecule has 2 N–H and O–H groups in total. The average Bonchev–Trinajstić information content (AvgIpc) is 2.92. The maximum Gasteiger partial charge on any atom is 0.180 e. The number of benzene rings is 1. The monoisotopic (exact) mass is 283 g/mol. The van der Waals surface area contributed by atoms with Crippen LogP contribution in [0.4, 0.5) is 0 Å². The summed E-state index contributed by atoms with van der Waals surface area (Å²) < 4.78 is 29.7. The molecule has 0 aliphatic heterocycles. The number of hydrogen-bond acceptors (Lipinski definition) is 4. The van der Waals surface area contributed by atoms with Gasteiger partial charge in [-0.3, -0.25) is 0 Å². The molecule has 19 heavy (non-hydrogen) atoms. The van der Waals surface area contributed by atoms with E-state index in [0.717, 1.165) is 25.7 Å². The predicted octanol–water partition coefficient (Wildman–Crippen LogP) is 1.99. The summed E-state index contributed by atoms with van der Waals surface area (Å²) in [5, 5.41) is 0. The summed E-state index contributed by atoms with van der Waals surface area (Å²) in [7, 11) is -1.81. The maximum atomic E-state index is 12.3. The molecular formula is C14H21NO3S. The van der Waals surface area contributed by atoms with Crippen LogP contribution in [0, 0.1) is 5.92 Å². The molecule has 2 rings (SSSR count). The van der Waals surface area contributed by atoms with Crippen LogP contribution in [0.5, 0.6) is 5.75 Å². The molecule has 0 heterocycles. The van der Waals surface area contributed by atoms with Crippen molar-refractivity contribution in [1.29, 1.82) is 0 Å². The van der Waals surface area contributed by atoms with Gasteiger partial charge in [-0.2, -0.15) is 0 Å². The van der Waals surface area contributed by atoms with Gasteiger partial charge in [0.25, 0.3) is 0 Å². The van der Waals surface area contributed by atoms with Crippen LogP contribution in [0.2, 0.25) is 0 Å². The minimum absolute atomic E-state index is 0.0187. The van der Waals surface area contributed by atoms with Crippen molar-refractivity contribution in [2.45, 2.75) is 36.6 Å². The summed E-state index contributed by atoms with van der Waals surface area (Å²) in [5.41, 5.74) is 6.06. The second-order valence-corrected chi connectivity index (χ2v) is 7.20. The molecule has 5 heteroatoms. The summed E-state index contributed by atoms with van der Waals surface area (Å²) in [6.45, 7) is 0. The number of sulfone groups is 1. The van der Waals surface area contributed by atoms with Crippen molar-refractivity contribution in [1.82, 2.24) is 0 Å². The Hall–Kier alpha value is -1.07. The van der Waals surface area contributed by atoms with Crippen LogP contribution in [-0.2, 0) is 9.84 Å². The first kappa shape index (κ1) is 14.3. The Bertz CT molecular complexity index is 521. The number of rotatable bonds is 5. The third kappa shape index (κ3) is 3.48. The van der Waals surface area contributed by atoms with Gasteiger partial charge in [0, 0.05) is 6.04 Å². The minimum atomic E-state index is -3.33. The van der Waals surface area contributed by atoms with Gasteiger partial charge in [0.1, 0.15) is 5.75 Å². The smallest absolute Gasteiger partial charge is 0.180 e. The zero-order valence-electron chi connectivity index (χ0n) is 11.2. The highest BCUT2D eigenvalue weighted by Gasteiger charge is 2.27. The van der Waals surface area contributed by atoms with E-state index in [-0.39, 0.29) is 11.8 Å². The Morgan fingerprint density at radius 2 is 2.05 bits per heavy atom. The van der Waals surface area contributed by atoms with Crippen LogP contribution >= 0.6 is 0 Å². The number of methoxy groups -OCH3 is 1. The molecule has 1 atom stereocenters. The van der Waals surface area contributed by atoms with Gasteiger partial charge in [-0.25, -0.2) is 8.42 Å². The van der Waals surface area contributed by atoms with Crippen molar-refractivity contribution in [3.63, 3.8) is 0 Å². The molecule has 1 aromatic carbocycles. The Morgan fingerprint density at radius 3 is 2.68 bits per heavy atom. The molecule has 1 aliphatic carbocycles. The molecule has 106 valence electrons. The molecule has 0 bridgehead atoms. The van der Waals surface area contributed by atoms with E-state index in [1.807, 2.05) is 0 Å². The van der Waals surface area contributed by atoms with Crippen LogP contribution < -0.4 is 10.5 Å². The lowest BCUT2D eigenvalue weighted by molar-refractivity contribution is 0.413. The number of hydrogen-bond donors (Lipinski definition) is 1. The second-order valence-electron chi connectivity index (χ2n) is 5.17. The zero-order chi connectivity index (χ0) is 13.9. The van der Waals surface area contributed by atoms with Crippen LogP contribution in [0.3, 0.4) is 0 Å². The molecule has 4 nitrogen and oxygen atoms in total. The fraction of sp³-hybridized carbons (Fsp3) is 0.571. The van der Waals surface area contributed by atoms with Crippen LogP contribution in [0.25, 0.3) is 0 Å². The standard InChI is InChI=1S/C14H21NO3S/c1-18-12-7-4-8-13(9-12)19(16,17)10-14(15)11-5-2-3-6-11/h4,7-9,11,14H,2-3,5-6,10,15H2,1H3. The summed E-state index contributed by atoms with van der Waals surface area (Å²) >= 11 is 0. The molecule has 1 fully saturated rings. The van der Waals surface area contributed by atoms with Gasteiger partial charge < -0.3 is 10.5 Å². The number of nitrogens with two attached hydrogens (primary N) is 1. The summed E-state index contributed by atoms with van der Waals surface area (Å²) in [5.74, 6) is 0.918. The molecule has 0 aromatic heterocycles. The van der Waals surface area contributed by atoms with E-state index in [2.05, 4.69) is 0 Å². The molecular weight excluding hydrogens is 262 g/mol. The van der Waals surface area contributed by atoms with E-state index < -0.39 is 9.84 Å². The predicted molar refractivity (Wildman–Crippen MR) is 75.0 cm³/mol. The second kappa shape index (κ2) is 5.92. The summed E-state index contributed by atoms with van der Waals surface area (Å²) in [6.07, 6.45) is 4.43. The fourth-order valence-corrected chi connectivity index (χ4v) is 4.22. The number of ether oxygens (including phenoxy) is 1. The van der Waals surface area contributed by atoms with Crippen LogP contribution in [-0.4, -0.2) is 27.3 Å². The van der Waals surface area contributed by atoms with Crippen molar-refractivity contribution < 1.29 is 13.2 Å². The van der Waals surface area contributed by atoms with Crippen molar-refractivity contribution in [2.75, 3.05) is 12.9 Å². The van der Waals surface area contributed by atoms with E-state index in [0.29, 0.717) is 16.6 Å². The van der Waals surface area contributed by atoms with E-state index in [9.17, 15) is 8.42 Å². The molecule has 1 aliphatic rings. The molecule has 0 radical (unpaired) electrons. The van der Waals surface area contributed by atoms with Gasteiger partial charge in [0.05, 0.1) is 17.8 Å². The van der Waals surface area contributed by atoms with Gasteiger partial charge in [-0.05, 0) is 37.0 Å². The Balaban J connectivity index is 2.12. The van der Waals surface area contributed by atoms with Gasteiger partial charge >= 0.3 is 0 Å². The fourth-order valence-electron chi connectivity index (χ4n) is 2.67. The highest BCUT2D eigenvalue weighted by atomic mass is 32.2. The van der Waals surface area contributed by atoms with E-state index in [1.165, 1.54) is 7.11 Å². The van der Waals surface area contributed by atoms with Gasteiger partial charge in [-0.15, -0.1) is 0 Å². The Labute approximate surface area is 114 Å². The highest BCUT2D eigenvalue weighted by molar-refractivity contribution is 7.91. The molecule has 1 aromatic rings. The van der Waals surface area contributed by atoms with E-state index in [1.54, 1.807) is 24.3 Å². The molecule has 0 saturated heterocycles. The Morgan fingerprint density at radius 1 is 1.37 bits per heavy atom. The van der Waals surface area contributed by atoms with Gasteiger partial charge in [0.15, 0.2) is 9.84 Å². The quantitative estimate of drug-likeness (QED) is 0.897. The lowest BCUT2D eigenvalue weighted by atomic mass is 10.0. The molecule has 1 saturated carbocycles. The average molecular weight is 283 g/mol. The van der Waals surface area contributed by atoms with Crippen molar-refractivity contribution in [3.8, 4) is 5.75 Å². The molecule has 0 amide bonds. The normalized spacial score (nSPS) is 18.4.